The molecule has 0 saturated carbocycles. The number of para-hydroxylation sites is 1. The van der Waals surface area contributed by atoms with Gasteiger partial charge in [0.1, 0.15) is 11.4 Å². The van der Waals surface area contributed by atoms with Crippen LogP contribution in [0.3, 0.4) is 0 Å². The van der Waals surface area contributed by atoms with E-state index in [1.165, 1.54) is 11.3 Å². The molecule has 5 heteroatoms. The van der Waals surface area contributed by atoms with Gasteiger partial charge in [-0.1, -0.05) is 24.3 Å². The van der Waals surface area contributed by atoms with Crippen molar-refractivity contribution in [1.29, 1.82) is 0 Å². The molecule has 0 saturated heterocycles. The summed E-state index contributed by atoms with van der Waals surface area (Å²) in [6.45, 7) is 2.15. The number of nitrogens with zero attached hydrogens (tertiary/aromatic N) is 1. The quantitative estimate of drug-likeness (QED) is 0.478. The lowest BCUT2D eigenvalue weighted by atomic mass is 10.00. The van der Waals surface area contributed by atoms with Gasteiger partial charge in [0, 0.05) is 11.1 Å². The van der Waals surface area contributed by atoms with Crippen molar-refractivity contribution in [2.24, 2.45) is 4.99 Å². The first-order chi connectivity index (χ1) is 12.3. The van der Waals surface area contributed by atoms with Gasteiger partial charge in [0.15, 0.2) is 0 Å². The van der Waals surface area contributed by atoms with E-state index in [-0.39, 0.29) is 5.97 Å². The van der Waals surface area contributed by atoms with E-state index in [4.69, 9.17) is 14.5 Å². The fourth-order valence-corrected chi connectivity index (χ4v) is 3.37. The second kappa shape index (κ2) is 6.53. The van der Waals surface area contributed by atoms with Crippen LogP contribution in [0.5, 0.6) is 10.8 Å². The highest BCUT2D eigenvalue weighted by Gasteiger charge is 2.20. The van der Waals surface area contributed by atoms with Gasteiger partial charge < -0.3 is 9.47 Å². The molecule has 0 amide bonds. The van der Waals surface area contributed by atoms with Gasteiger partial charge in [-0.2, -0.15) is 0 Å². The predicted molar refractivity (Wildman–Crippen MR) is 98.5 cm³/mol. The molecule has 0 spiro atoms. The molecule has 0 unspecified atom stereocenters. The van der Waals surface area contributed by atoms with Crippen LogP contribution >= 0.6 is 11.3 Å². The number of benzene rings is 2. The summed E-state index contributed by atoms with van der Waals surface area (Å²) in [5.41, 5.74) is 4.01. The highest BCUT2D eigenvalue weighted by molar-refractivity contribution is 7.12. The summed E-state index contributed by atoms with van der Waals surface area (Å²) >= 11 is 1.52. The monoisotopic (exact) mass is 349 g/mol. The molecule has 2 aromatic carbocycles. The maximum atomic E-state index is 11.8. The Hall–Kier alpha value is -2.92. The first-order valence-electron chi connectivity index (χ1n) is 7.97. The Morgan fingerprint density at radius 2 is 1.92 bits per heavy atom. The molecular weight excluding hydrogens is 334 g/mol. The maximum Gasteiger partial charge on any atom is 0.338 e. The zero-order chi connectivity index (χ0) is 17.2. The lowest BCUT2D eigenvalue weighted by molar-refractivity contribution is 0.0526. The normalized spacial score (nSPS) is 12.3. The third kappa shape index (κ3) is 2.94. The van der Waals surface area contributed by atoms with Crippen LogP contribution in [0.1, 0.15) is 28.4 Å². The van der Waals surface area contributed by atoms with Crippen LogP contribution in [-0.2, 0) is 4.74 Å². The van der Waals surface area contributed by atoms with E-state index >= 15 is 0 Å². The van der Waals surface area contributed by atoms with Crippen molar-refractivity contribution in [1.82, 2.24) is 0 Å². The van der Waals surface area contributed by atoms with Crippen molar-refractivity contribution < 1.29 is 14.3 Å². The van der Waals surface area contributed by atoms with Gasteiger partial charge in [0.05, 0.1) is 17.9 Å². The van der Waals surface area contributed by atoms with Crippen molar-refractivity contribution in [3.8, 4) is 10.8 Å². The molecule has 0 radical (unpaired) electrons. The summed E-state index contributed by atoms with van der Waals surface area (Å²) in [5, 5.41) is 2.74. The number of carbonyl (C=O) groups excluding carboxylic acids is 1. The summed E-state index contributed by atoms with van der Waals surface area (Å²) in [7, 11) is 0. The van der Waals surface area contributed by atoms with E-state index in [1.54, 1.807) is 19.1 Å². The Morgan fingerprint density at radius 3 is 2.72 bits per heavy atom. The minimum atomic E-state index is -0.319. The largest absolute Gasteiger partial charge is 0.462 e. The smallest absolute Gasteiger partial charge is 0.338 e. The summed E-state index contributed by atoms with van der Waals surface area (Å²) in [5.74, 6) is 0.456. The molecule has 4 nitrogen and oxygen atoms in total. The summed E-state index contributed by atoms with van der Waals surface area (Å²) in [6.07, 6.45) is 0. The lowest BCUT2D eigenvalue weighted by Gasteiger charge is -2.10. The topological polar surface area (TPSA) is 47.9 Å². The third-order valence-corrected chi connectivity index (χ3v) is 4.64. The van der Waals surface area contributed by atoms with Crippen LogP contribution in [0.4, 0.5) is 5.69 Å². The number of esters is 1. The van der Waals surface area contributed by atoms with E-state index in [1.807, 2.05) is 47.8 Å². The third-order valence-electron chi connectivity index (χ3n) is 3.86. The van der Waals surface area contributed by atoms with Gasteiger partial charge in [-0.15, -0.1) is 11.3 Å². The van der Waals surface area contributed by atoms with Crippen LogP contribution < -0.4 is 4.74 Å². The molecule has 0 bridgehead atoms. The number of fused-ring (bicyclic) bond motifs is 2. The fraction of sp³-hybridized carbons (Fsp3) is 0.100. The van der Waals surface area contributed by atoms with Crippen LogP contribution in [0.15, 0.2) is 65.0 Å². The van der Waals surface area contributed by atoms with E-state index in [9.17, 15) is 4.79 Å². The molecule has 0 atom stereocenters. The second-order valence-corrected chi connectivity index (χ2v) is 6.33. The van der Waals surface area contributed by atoms with Gasteiger partial charge in [0.2, 0.25) is 5.06 Å². The summed E-state index contributed by atoms with van der Waals surface area (Å²) in [4.78, 5) is 16.7. The van der Waals surface area contributed by atoms with Gasteiger partial charge >= 0.3 is 5.97 Å². The Kier molecular flexibility index (Phi) is 4.07. The first kappa shape index (κ1) is 15.6. The van der Waals surface area contributed by atoms with E-state index in [2.05, 4.69) is 0 Å². The van der Waals surface area contributed by atoms with Crippen molar-refractivity contribution in [2.75, 3.05) is 6.61 Å². The lowest BCUT2D eigenvalue weighted by Crippen LogP contribution is -2.07. The van der Waals surface area contributed by atoms with Gasteiger partial charge in [-0.25, -0.2) is 9.79 Å². The van der Waals surface area contributed by atoms with Crippen molar-refractivity contribution in [3.05, 3.63) is 76.7 Å². The standard InChI is InChI=1S/C20H15NO3S/c1-2-23-19(22)14-9-7-13(8-10-14)18-15-5-3-4-6-17(15)24-20-16(21-18)11-12-25-20/h3-12H,2H2,1H3. The minimum absolute atomic E-state index is 0.319. The summed E-state index contributed by atoms with van der Waals surface area (Å²) in [6, 6.07) is 17.1. The van der Waals surface area contributed by atoms with Crippen molar-refractivity contribution in [2.45, 2.75) is 6.92 Å². The predicted octanol–water partition coefficient (Wildman–Crippen LogP) is 5.20. The second-order valence-electron chi connectivity index (χ2n) is 5.45. The number of ether oxygens (including phenoxy) is 2. The van der Waals surface area contributed by atoms with Crippen LogP contribution in [0.25, 0.3) is 0 Å². The molecule has 3 aromatic rings. The van der Waals surface area contributed by atoms with Crippen LogP contribution in [0, 0.1) is 0 Å². The molecule has 4 rings (SSSR count). The van der Waals surface area contributed by atoms with Crippen molar-refractivity contribution >= 4 is 28.7 Å². The Balaban J connectivity index is 1.79. The molecular formula is C20H15NO3S. The SMILES string of the molecule is CCOC(=O)c1ccc(C2=Nc3ccsc3Oc3ccccc32)cc1. The number of hydrogen-bond donors (Lipinski definition) is 0. The average Bonchev–Trinajstić information content (AvgIpc) is 3.01. The minimum Gasteiger partial charge on any atom is -0.462 e. The Morgan fingerprint density at radius 1 is 1.12 bits per heavy atom. The molecule has 0 aliphatic carbocycles. The summed E-state index contributed by atoms with van der Waals surface area (Å²) < 4.78 is 11.1. The number of rotatable bonds is 3. The molecule has 2 heterocycles. The van der Waals surface area contributed by atoms with Crippen LogP contribution in [-0.4, -0.2) is 18.3 Å². The number of hydrogen-bond acceptors (Lipinski definition) is 5. The number of carbonyl (C=O) groups is 1. The highest BCUT2D eigenvalue weighted by Crippen LogP contribution is 2.42. The molecule has 124 valence electrons. The van der Waals surface area contributed by atoms with Crippen molar-refractivity contribution in [3.63, 3.8) is 0 Å². The molecule has 0 fully saturated rings. The fourth-order valence-electron chi connectivity index (χ4n) is 2.68. The Bertz CT molecular complexity index is 957. The number of aliphatic imine (C=N–C) groups is 1. The van der Waals surface area contributed by atoms with Gasteiger partial charge in [-0.3, -0.25) is 0 Å². The molecule has 25 heavy (non-hydrogen) atoms. The van der Waals surface area contributed by atoms with Gasteiger partial charge in [0.25, 0.3) is 0 Å². The molecule has 1 aliphatic rings. The van der Waals surface area contributed by atoms with E-state index in [0.717, 1.165) is 33.3 Å². The average molecular weight is 349 g/mol. The zero-order valence-corrected chi connectivity index (χ0v) is 14.4. The Labute approximate surface area is 149 Å². The first-order valence-corrected chi connectivity index (χ1v) is 8.85. The van der Waals surface area contributed by atoms with Gasteiger partial charge in [-0.05, 0) is 42.6 Å². The molecule has 1 aliphatic heterocycles. The van der Waals surface area contributed by atoms with E-state index < -0.39 is 0 Å². The highest BCUT2D eigenvalue weighted by atomic mass is 32.1. The maximum absolute atomic E-state index is 11.8. The molecule has 1 aromatic heterocycles. The molecule has 0 N–H and O–H groups in total. The van der Waals surface area contributed by atoms with E-state index in [0.29, 0.717) is 12.2 Å². The zero-order valence-electron chi connectivity index (χ0n) is 13.6. The van der Waals surface area contributed by atoms with Crippen LogP contribution in [0.2, 0.25) is 0 Å². The number of thiophene rings is 1.